The van der Waals surface area contributed by atoms with Crippen LogP contribution in [0.2, 0.25) is 0 Å². The van der Waals surface area contributed by atoms with Gasteiger partial charge >= 0.3 is 0 Å². The lowest BCUT2D eigenvalue weighted by atomic mass is 9.98. The van der Waals surface area contributed by atoms with Crippen LogP contribution in [0.5, 0.6) is 0 Å². The zero-order valence-corrected chi connectivity index (χ0v) is 21.8. The van der Waals surface area contributed by atoms with E-state index in [2.05, 4.69) is 59.9 Å². The van der Waals surface area contributed by atoms with Gasteiger partial charge in [-0.2, -0.15) is 0 Å². The van der Waals surface area contributed by atoms with Gasteiger partial charge < -0.3 is 14.8 Å². The maximum Gasteiger partial charge on any atom is 0.251 e. The van der Waals surface area contributed by atoms with Crippen LogP contribution in [-0.4, -0.2) is 51.4 Å². The Morgan fingerprint density at radius 1 is 1.06 bits per heavy atom. The summed E-state index contributed by atoms with van der Waals surface area (Å²) in [6.07, 6.45) is 4.23. The molecule has 190 valence electrons. The second-order valence-electron chi connectivity index (χ2n) is 9.79. The van der Waals surface area contributed by atoms with Gasteiger partial charge in [-0.1, -0.05) is 37.8 Å². The van der Waals surface area contributed by atoms with E-state index in [9.17, 15) is 9.59 Å². The monoisotopic (exact) mass is 487 g/mol. The molecule has 1 aliphatic rings. The zero-order valence-electron chi connectivity index (χ0n) is 21.8. The highest BCUT2D eigenvalue weighted by Crippen LogP contribution is 2.28. The van der Waals surface area contributed by atoms with Gasteiger partial charge in [-0.15, -0.1) is 0 Å². The number of carbonyl (C=O) groups excluding carboxylic acids is 1. The molecule has 1 amide bonds. The van der Waals surface area contributed by atoms with Crippen LogP contribution in [0, 0.1) is 0 Å². The van der Waals surface area contributed by atoms with Crippen molar-refractivity contribution in [3.63, 3.8) is 0 Å². The zero-order chi connectivity index (χ0) is 25.8. The first-order valence-electron chi connectivity index (χ1n) is 12.9. The van der Waals surface area contributed by atoms with Gasteiger partial charge in [-0.25, -0.2) is 4.98 Å². The largest absolute Gasteiger partial charge is 0.363 e. The van der Waals surface area contributed by atoms with E-state index in [1.807, 2.05) is 37.1 Å². The first-order valence-corrected chi connectivity index (χ1v) is 12.9. The first kappa shape index (κ1) is 25.6. The van der Waals surface area contributed by atoms with Gasteiger partial charge in [0.25, 0.3) is 5.56 Å². The third-order valence-corrected chi connectivity index (χ3v) is 7.14. The summed E-state index contributed by atoms with van der Waals surface area (Å²) in [5.41, 5.74) is 3.35. The predicted octanol–water partition coefficient (Wildman–Crippen LogP) is 4.93. The number of benzene rings is 1. The lowest BCUT2D eigenvalue weighted by Crippen LogP contribution is -2.49. The minimum absolute atomic E-state index is 0.00233. The molecule has 2 unspecified atom stereocenters. The van der Waals surface area contributed by atoms with Crippen LogP contribution in [0.25, 0.3) is 10.9 Å². The Hall–Kier alpha value is -3.45. The fraction of sp³-hybridized carbons (Fsp3) is 0.414. The number of nitrogens with zero attached hydrogens (tertiary/aromatic N) is 4. The summed E-state index contributed by atoms with van der Waals surface area (Å²) in [4.78, 5) is 33.2. The number of hydrogen-bond donors (Lipinski definition) is 1. The Balaban J connectivity index is 1.46. The highest BCUT2D eigenvalue weighted by molar-refractivity contribution is 5.87. The smallest absolute Gasteiger partial charge is 0.251 e. The molecule has 1 aromatic carbocycles. The van der Waals surface area contributed by atoms with Gasteiger partial charge in [0.05, 0.1) is 5.52 Å². The average molecular weight is 488 g/mol. The van der Waals surface area contributed by atoms with Crippen LogP contribution in [0.15, 0.2) is 66.1 Å². The molecule has 1 aliphatic heterocycles. The van der Waals surface area contributed by atoms with Crippen LogP contribution in [-0.2, 0) is 4.79 Å². The molecule has 3 heterocycles. The lowest BCUT2D eigenvalue weighted by Gasteiger charge is -2.39. The molecule has 0 aliphatic carbocycles. The number of piperazine rings is 1. The van der Waals surface area contributed by atoms with Crippen molar-refractivity contribution < 1.29 is 4.79 Å². The Labute approximate surface area is 213 Å². The van der Waals surface area contributed by atoms with E-state index in [4.69, 9.17) is 0 Å². The Morgan fingerprint density at radius 2 is 1.72 bits per heavy atom. The number of fused-ring (bicyclic) bond motifs is 1. The van der Waals surface area contributed by atoms with Crippen LogP contribution in [0.3, 0.4) is 0 Å². The van der Waals surface area contributed by atoms with Crippen molar-refractivity contribution >= 4 is 22.6 Å². The quantitative estimate of drug-likeness (QED) is 0.456. The van der Waals surface area contributed by atoms with E-state index in [1.165, 1.54) is 17.2 Å². The minimum Gasteiger partial charge on any atom is -0.363 e. The van der Waals surface area contributed by atoms with E-state index < -0.39 is 0 Å². The molecular formula is C29H37N5O2. The molecule has 1 saturated heterocycles. The van der Waals surface area contributed by atoms with Crippen molar-refractivity contribution in [2.75, 3.05) is 31.5 Å². The summed E-state index contributed by atoms with van der Waals surface area (Å²) in [5.74, 6) is 0.763. The Morgan fingerprint density at radius 3 is 2.33 bits per heavy atom. The van der Waals surface area contributed by atoms with E-state index in [0.29, 0.717) is 6.04 Å². The van der Waals surface area contributed by atoms with Gasteiger partial charge in [-0.3, -0.25) is 14.5 Å². The van der Waals surface area contributed by atoms with E-state index in [-0.39, 0.29) is 23.6 Å². The van der Waals surface area contributed by atoms with Crippen molar-refractivity contribution in [2.45, 2.75) is 52.2 Å². The third kappa shape index (κ3) is 5.36. The second kappa shape index (κ2) is 11.1. The predicted molar refractivity (Wildman–Crippen MR) is 146 cm³/mol. The van der Waals surface area contributed by atoms with E-state index in [1.54, 1.807) is 10.6 Å². The summed E-state index contributed by atoms with van der Waals surface area (Å²) >= 11 is 0. The number of anilines is 1. The third-order valence-electron chi connectivity index (χ3n) is 7.14. The molecule has 3 aromatic rings. The van der Waals surface area contributed by atoms with Crippen molar-refractivity contribution in [1.29, 1.82) is 0 Å². The minimum atomic E-state index is -0.00233. The summed E-state index contributed by atoms with van der Waals surface area (Å²) in [6.45, 7) is 15.2. The molecule has 0 spiro atoms. The van der Waals surface area contributed by atoms with Gasteiger partial charge in [0.15, 0.2) is 0 Å². The topological polar surface area (TPSA) is 70.5 Å². The average Bonchev–Trinajstić information content (AvgIpc) is 2.89. The Bertz CT molecular complexity index is 1270. The second-order valence-corrected chi connectivity index (χ2v) is 9.79. The maximum atomic E-state index is 12.4. The van der Waals surface area contributed by atoms with Crippen LogP contribution in [0.1, 0.15) is 63.4 Å². The number of carbonyl (C=O) groups is 1. The number of aromatic nitrogens is 2. The number of nitrogens with one attached hydrogen (secondary N) is 1. The fourth-order valence-electron chi connectivity index (χ4n) is 5.16. The first-order chi connectivity index (χ1) is 17.3. The van der Waals surface area contributed by atoms with Gasteiger partial charge in [0.1, 0.15) is 5.82 Å². The molecule has 1 fully saturated rings. The standard InChI is InChI=1S/C29H37N5O2/c1-6-25(32-14-16-33(17-15-32)28(35)7-2)23-10-8-22(9-11-23)21(5)31-27-18-26-24(19-30-27)12-13-29(36)34(26)20(3)4/h7-13,18-21,25H,2,6,14-17H2,1,3-5H3,(H,30,31). The molecule has 4 rings (SSSR count). The highest BCUT2D eigenvalue weighted by atomic mass is 16.2. The molecule has 7 nitrogen and oxygen atoms in total. The number of rotatable bonds is 8. The maximum absolute atomic E-state index is 12.4. The van der Waals surface area contributed by atoms with Crippen LogP contribution < -0.4 is 10.9 Å². The number of hydrogen-bond acceptors (Lipinski definition) is 5. The van der Waals surface area contributed by atoms with Gasteiger partial charge in [0.2, 0.25) is 5.91 Å². The molecular weight excluding hydrogens is 450 g/mol. The lowest BCUT2D eigenvalue weighted by molar-refractivity contribution is -0.128. The molecule has 0 radical (unpaired) electrons. The highest BCUT2D eigenvalue weighted by Gasteiger charge is 2.25. The molecule has 2 atom stereocenters. The molecule has 0 bridgehead atoms. The molecule has 2 aromatic heterocycles. The van der Waals surface area contributed by atoms with Gasteiger partial charge in [-0.05, 0) is 50.5 Å². The molecule has 1 N–H and O–H groups in total. The van der Waals surface area contributed by atoms with E-state index in [0.717, 1.165) is 49.3 Å². The molecule has 7 heteroatoms. The fourth-order valence-corrected chi connectivity index (χ4v) is 5.16. The SMILES string of the molecule is C=CC(=O)N1CCN(C(CC)c2ccc(C(C)Nc3cc4c(ccc(=O)n4C(C)C)cn3)cc2)CC1. The summed E-state index contributed by atoms with van der Waals surface area (Å²) in [7, 11) is 0. The normalized spacial score (nSPS) is 16.2. The van der Waals surface area contributed by atoms with E-state index >= 15 is 0 Å². The van der Waals surface area contributed by atoms with Crippen molar-refractivity contribution in [3.8, 4) is 0 Å². The molecule has 36 heavy (non-hydrogen) atoms. The summed E-state index contributed by atoms with van der Waals surface area (Å²) < 4.78 is 1.81. The summed E-state index contributed by atoms with van der Waals surface area (Å²) in [6, 6.07) is 14.6. The van der Waals surface area contributed by atoms with Crippen molar-refractivity contribution in [1.82, 2.24) is 19.4 Å². The van der Waals surface area contributed by atoms with Crippen molar-refractivity contribution in [2.24, 2.45) is 0 Å². The number of amides is 1. The van der Waals surface area contributed by atoms with Crippen LogP contribution in [0.4, 0.5) is 5.82 Å². The summed E-state index contributed by atoms with van der Waals surface area (Å²) in [5, 5.41) is 4.45. The Kier molecular flexibility index (Phi) is 7.89. The van der Waals surface area contributed by atoms with Gasteiger partial charge in [0, 0.05) is 68.0 Å². The molecule has 0 saturated carbocycles. The number of pyridine rings is 2. The van der Waals surface area contributed by atoms with Crippen LogP contribution >= 0.6 is 0 Å². The van der Waals surface area contributed by atoms with Crippen molar-refractivity contribution in [3.05, 3.63) is 82.8 Å².